The Labute approximate surface area is 89.1 Å². The third kappa shape index (κ3) is 2.50. The van der Waals surface area contributed by atoms with Crippen molar-refractivity contribution < 1.29 is 0 Å². The SMILES string of the molecule is C=C(CC)/C(C)=C1/CCCC1CCC. The van der Waals surface area contributed by atoms with Crippen molar-refractivity contribution in [3.63, 3.8) is 0 Å². The molecule has 1 rings (SSSR count). The Morgan fingerprint density at radius 1 is 1.43 bits per heavy atom. The maximum absolute atomic E-state index is 4.15. The average Bonchev–Trinajstić information content (AvgIpc) is 2.64. The van der Waals surface area contributed by atoms with Gasteiger partial charge in [-0.15, -0.1) is 0 Å². The molecular weight excluding hydrogens is 168 g/mol. The second-order valence-electron chi connectivity index (χ2n) is 4.49. The van der Waals surface area contributed by atoms with E-state index in [0.29, 0.717) is 0 Å². The molecule has 1 fully saturated rings. The summed E-state index contributed by atoms with van der Waals surface area (Å²) in [4.78, 5) is 0. The molecule has 0 aromatic carbocycles. The molecule has 0 radical (unpaired) electrons. The minimum atomic E-state index is 0.878. The molecule has 14 heavy (non-hydrogen) atoms. The molecule has 1 aliphatic rings. The van der Waals surface area contributed by atoms with Crippen LogP contribution in [0.1, 0.15) is 59.3 Å². The molecular formula is C14H24. The summed E-state index contributed by atoms with van der Waals surface area (Å²) >= 11 is 0. The van der Waals surface area contributed by atoms with Crippen LogP contribution in [0.3, 0.4) is 0 Å². The van der Waals surface area contributed by atoms with Gasteiger partial charge in [0.2, 0.25) is 0 Å². The van der Waals surface area contributed by atoms with Crippen molar-refractivity contribution in [1.29, 1.82) is 0 Å². The van der Waals surface area contributed by atoms with E-state index in [-0.39, 0.29) is 0 Å². The van der Waals surface area contributed by atoms with Gasteiger partial charge in [0, 0.05) is 0 Å². The first-order chi connectivity index (χ1) is 6.70. The Hall–Kier alpha value is -0.520. The van der Waals surface area contributed by atoms with Gasteiger partial charge in [-0.3, -0.25) is 0 Å². The molecule has 0 nitrogen and oxygen atoms in total. The lowest BCUT2D eigenvalue weighted by atomic mass is 9.90. The fourth-order valence-electron chi connectivity index (χ4n) is 2.57. The van der Waals surface area contributed by atoms with Crippen LogP contribution in [0.4, 0.5) is 0 Å². The zero-order valence-corrected chi connectivity index (χ0v) is 10.0. The van der Waals surface area contributed by atoms with Crippen LogP contribution in [0.25, 0.3) is 0 Å². The van der Waals surface area contributed by atoms with E-state index in [0.717, 1.165) is 12.3 Å². The minimum Gasteiger partial charge on any atom is -0.0956 e. The lowest BCUT2D eigenvalue weighted by molar-refractivity contribution is 0.560. The molecule has 0 heterocycles. The standard InChI is InChI=1S/C14H24/c1-5-8-13-9-7-10-14(13)12(4)11(3)6-2/h13H,3,5-10H2,1-2,4H3/b14-12-. The molecule has 1 atom stereocenters. The summed E-state index contributed by atoms with van der Waals surface area (Å²) in [6.45, 7) is 10.9. The van der Waals surface area contributed by atoms with E-state index in [9.17, 15) is 0 Å². The molecule has 0 spiro atoms. The van der Waals surface area contributed by atoms with Gasteiger partial charge in [-0.1, -0.05) is 38.0 Å². The fourth-order valence-corrected chi connectivity index (χ4v) is 2.57. The van der Waals surface area contributed by atoms with Crippen LogP contribution in [0.2, 0.25) is 0 Å². The monoisotopic (exact) mass is 192 g/mol. The normalized spacial score (nSPS) is 25.2. The first-order valence-electron chi connectivity index (χ1n) is 6.08. The van der Waals surface area contributed by atoms with Gasteiger partial charge >= 0.3 is 0 Å². The summed E-state index contributed by atoms with van der Waals surface area (Å²) in [5, 5.41) is 0. The van der Waals surface area contributed by atoms with Crippen molar-refractivity contribution in [3.05, 3.63) is 23.3 Å². The topological polar surface area (TPSA) is 0 Å². The van der Waals surface area contributed by atoms with E-state index in [1.165, 1.54) is 43.3 Å². The number of allylic oxidation sites excluding steroid dienone is 3. The highest BCUT2D eigenvalue weighted by atomic mass is 14.3. The Bertz CT molecular complexity index is 232. The van der Waals surface area contributed by atoms with Crippen LogP contribution in [0, 0.1) is 5.92 Å². The van der Waals surface area contributed by atoms with Crippen molar-refractivity contribution in [1.82, 2.24) is 0 Å². The molecule has 1 saturated carbocycles. The summed E-state index contributed by atoms with van der Waals surface area (Å²) in [6.07, 6.45) is 7.94. The minimum absolute atomic E-state index is 0.878. The van der Waals surface area contributed by atoms with Crippen LogP contribution in [-0.4, -0.2) is 0 Å². The fraction of sp³-hybridized carbons (Fsp3) is 0.714. The Kier molecular flexibility index (Phi) is 4.44. The van der Waals surface area contributed by atoms with Crippen LogP contribution in [0.5, 0.6) is 0 Å². The van der Waals surface area contributed by atoms with Gasteiger partial charge in [0.15, 0.2) is 0 Å². The molecule has 80 valence electrons. The smallest absolute Gasteiger partial charge is 0.0197 e. The van der Waals surface area contributed by atoms with Gasteiger partial charge in [0.1, 0.15) is 0 Å². The first kappa shape index (κ1) is 11.6. The zero-order valence-electron chi connectivity index (χ0n) is 10.0. The Morgan fingerprint density at radius 2 is 2.14 bits per heavy atom. The van der Waals surface area contributed by atoms with Gasteiger partial charge in [-0.05, 0) is 50.5 Å². The third-order valence-electron chi connectivity index (χ3n) is 3.57. The van der Waals surface area contributed by atoms with Crippen molar-refractivity contribution in [3.8, 4) is 0 Å². The van der Waals surface area contributed by atoms with E-state index >= 15 is 0 Å². The van der Waals surface area contributed by atoms with Gasteiger partial charge in [-0.2, -0.15) is 0 Å². The van der Waals surface area contributed by atoms with E-state index in [1.54, 1.807) is 5.57 Å². The molecule has 0 heteroatoms. The van der Waals surface area contributed by atoms with Crippen LogP contribution in [-0.2, 0) is 0 Å². The van der Waals surface area contributed by atoms with Crippen LogP contribution >= 0.6 is 0 Å². The molecule has 0 N–H and O–H groups in total. The summed E-state index contributed by atoms with van der Waals surface area (Å²) in [6, 6.07) is 0. The highest BCUT2D eigenvalue weighted by Gasteiger charge is 2.22. The third-order valence-corrected chi connectivity index (χ3v) is 3.57. The van der Waals surface area contributed by atoms with Crippen molar-refractivity contribution in [2.24, 2.45) is 5.92 Å². The van der Waals surface area contributed by atoms with Crippen molar-refractivity contribution in [2.75, 3.05) is 0 Å². The van der Waals surface area contributed by atoms with Crippen LogP contribution < -0.4 is 0 Å². The number of rotatable bonds is 4. The van der Waals surface area contributed by atoms with Gasteiger partial charge in [0.05, 0.1) is 0 Å². The van der Waals surface area contributed by atoms with Crippen molar-refractivity contribution in [2.45, 2.75) is 59.3 Å². The molecule has 1 aliphatic carbocycles. The lowest BCUT2D eigenvalue weighted by Gasteiger charge is -2.15. The summed E-state index contributed by atoms with van der Waals surface area (Å²) in [7, 11) is 0. The first-order valence-corrected chi connectivity index (χ1v) is 6.08. The molecule has 0 aromatic rings. The molecule has 0 amide bonds. The lowest BCUT2D eigenvalue weighted by Crippen LogP contribution is -1.99. The predicted octanol–water partition coefficient (Wildman–Crippen LogP) is 4.87. The predicted molar refractivity (Wildman–Crippen MR) is 64.4 cm³/mol. The average molecular weight is 192 g/mol. The Morgan fingerprint density at radius 3 is 2.71 bits per heavy atom. The van der Waals surface area contributed by atoms with Crippen LogP contribution in [0.15, 0.2) is 23.3 Å². The quantitative estimate of drug-likeness (QED) is 0.596. The summed E-state index contributed by atoms with van der Waals surface area (Å²) < 4.78 is 0. The van der Waals surface area contributed by atoms with E-state index in [1.807, 2.05) is 0 Å². The molecule has 0 aliphatic heterocycles. The van der Waals surface area contributed by atoms with Gasteiger partial charge in [0.25, 0.3) is 0 Å². The molecule has 0 saturated heterocycles. The molecule has 1 unspecified atom stereocenters. The highest BCUT2D eigenvalue weighted by Crippen LogP contribution is 2.38. The molecule has 0 bridgehead atoms. The maximum atomic E-state index is 4.15. The van der Waals surface area contributed by atoms with E-state index in [4.69, 9.17) is 0 Å². The summed E-state index contributed by atoms with van der Waals surface area (Å²) in [5.41, 5.74) is 4.59. The van der Waals surface area contributed by atoms with Gasteiger partial charge in [-0.25, -0.2) is 0 Å². The zero-order chi connectivity index (χ0) is 10.6. The van der Waals surface area contributed by atoms with Gasteiger partial charge < -0.3 is 0 Å². The number of hydrogen-bond donors (Lipinski definition) is 0. The summed E-state index contributed by atoms with van der Waals surface area (Å²) in [5.74, 6) is 0.878. The highest BCUT2D eigenvalue weighted by molar-refractivity contribution is 5.33. The largest absolute Gasteiger partial charge is 0.0956 e. The Balaban J connectivity index is 2.77. The van der Waals surface area contributed by atoms with E-state index in [2.05, 4.69) is 27.4 Å². The number of hydrogen-bond acceptors (Lipinski definition) is 0. The second-order valence-corrected chi connectivity index (χ2v) is 4.49. The van der Waals surface area contributed by atoms with Crippen molar-refractivity contribution >= 4 is 0 Å². The second kappa shape index (κ2) is 5.38. The van der Waals surface area contributed by atoms with E-state index < -0.39 is 0 Å². The molecule has 0 aromatic heterocycles. The maximum Gasteiger partial charge on any atom is -0.0197 e.